The van der Waals surface area contributed by atoms with E-state index in [2.05, 4.69) is 10.3 Å². The second kappa shape index (κ2) is 6.65. The highest BCUT2D eigenvalue weighted by Gasteiger charge is 2.13. The highest BCUT2D eigenvalue weighted by Crippen LogP contribution is 2.20. The van der Waals surface area contributed by atoms with E-state index in [4.69, 9.17) is 5.14 Å². The minimum atomic E-state index is -3.67. The topological polar surface area (TPSA) is 85.1 Å². The van der Waals surface area contributed by atoms with Crippen LogP contribution < -0.4 is 10.5 Å². The predicted molar refractivity (Wildman–Crippen MR) is 84.5 cm³/mol. The zero-order valence-electron chi connectivity index (χ0n) is 12.0. The van der Waals surface area contributed by atoms with Crippen LogP contribution >= 0.6 is 11.3 Å². The first kappa shape index (κ1) is 16.1. The summed E-state index contributed by atoms with van der Waals surface area (Å²) in [5, 5.41) is 11.6. The number of aryl methyl sites for hydroxylation is 1. The molecule has 7 heteroatoms. The summed E-state index contributed by atoms with van der Waals surface area (Å²) in [6.07, 6.45) is 0.844. The van der Waals surface area contributed by atoms with Crippen molar-refractivity contribution in [3.63, 3.8) is 0 Å². The van der Waals surface area contributed by atoms with Gasteiger partial charge >= 0.3 is 0 Å². The third kappa shape index (κ3) is 4.34. The lowest BCUT2D eigenvalue weighted by atomic mass is 10.0. The molecule has 1 aromatic heterocycles. The third-order valence-electron chi connectivity index (χ3n) is 3.19. The molecule has 0 amide bonds. The number of sulfonamides is 1. The van der Waals surface area contributed by atoms with Crippen LogP contribution in [0.25, 0.3) is 0 Å². The molecule has 2 rings (SSSR count). The fourth-order valence-corrected chi connectivity index (χ4v) is 3.30. The molecule has 1 heterocycles. The van der Waals surface area contributed by atoms with Gasteiger partial charge in [0.05, 0.1) is 15.6 Å². The predicted octanol–water partition coefficient (Wildman–Crippen LogP) is 2.34. The lowest BCUT2D eigenvalue weighted by molar-refractivity contribution is 0.514. The minimum absolute atomic E-state index is 0.0636. The summed E-state index contributed by atoms with van der Waals surface area (Å²) in [6, 6.07) is 6.82. The molecule has 0 radical (unpaired) electrons. The Balaban J connectivity index is 2.14. The number of rotatable bonds is 6. The molecule has 0 fully saturated rings. The Hall–Kier alpha value is -1.28. The lowest BCUT2D eigenvalue weighted by Crippen LogP contribution is -2.21. The average Bonchev–Trinajstić information content (AvgIpc) is 2.85. The highest BCUT2D eigenvalue weighted by molar-refractivity contribution is 7.89. The molecule has 3 N–H and O–H groups in total. The Labute approximate surface area is 129 Å². The lowest BCUT2D eigenvalue weighted by Gasteiger charge is -2.17. The molecule has 0 aliphatic carbocycles. The molecule has 0 saturated heterocycles. The zero-order chi connectivity index (χ0) is 15.5. The van der Waals surface area contributed by atoms with Gasteiger partial charge in [-0.25, -0.2) is 18.5 Å². The van der Waals surface area contributed by atoms with E-state index in [1.54, 1.807) is 23.5 Å². The number of hydrogen-bond donors (Lipinski definition) is 2. The quantitative estimate of drug-likeness (QED) is 0.853. The van der Waals surface area contributed by atoms with Crippen molar-refractivity contribution in [2.75, 3.05) is 0 Å². The Morgan fingerprint density at radius 3 is 2.76 bits per heavy atom. The third-order valence-corrected chi connectivity index (χ3v) is 4.93. The molecule has 0 saturated carbocycles. The maximum Gasteiger partial charge on any atom is 0.238 e. The van der Waals surface area contributed by atoms with E-state index in [0.717, 1.165) is 22.7 Å². The monoisotopic (exact) mass is 325 g/mol. The second-order valence-electron chi connectivity index (χ2n) is 4.82. The van der Waals surface area contributed by atoms with E-state index >= 15 is 0 Å². The highest BCUT2D eigenvalue weighted by atomic mass is 32.2. The van der Waals surface area contributed by atoms with Crippen molar-refractivity contribution < 1.29 is 8.42 Å². The Kier molecular flexibility index (Phi) is 5.10. The van der Waals surface area contributed by atoms with Gasteiger partial charge in [-0.1, -0.05) is 19.1 Å². The van der Waals surface area contributed by atoms with Crippen molar-refractivity contribution in [1.82, 2.24) is 10.3 Å². The summed E-state index contributed by atoms with van der Waals surface area (Å²) >= 11 is 1.62. The molecule has 0 spiro atoms. The van der Waals surface area contributed by atoms with Crippen molar-refractivity contribution in [1.29, 1.82) is 0 Å². The van der Waals surface area contributed by atoms with Crippen molar-refractivity contribution in [2.45, 2.75) is 37.8 Å². The number of nitrogens with two attached hydrogens (primary N) is 1. The van der Waals surface area contributed by atoms with Crippen LogP contribution in [0.2, 0.25) is 0 Å². The molecule has 1 unspecified atom stereocenters. The van der Waals surface area contributed by atoms with Gasteiger partial charge in [0.25, 0.3) is 0 Å². The average molecular weight is 325 g/mol. The van der Waals surface area contributed by atoms with Gasteiger partial charge in [-0.3, -0.25) is 0 Å². The zero-order valence-corrected chi connectivity index (χ0v) is 13.7. The van der Waals surface area contributed by atoms with Crippen molar-refractivity contribution in [3.8, 4) is 0 Å². The number of nitrogens with one attached hydrogen (secondary N) is 1. The number of aromatic nitrogens is 1. The number of benzene rings is 1. The smallest absolute Gasteiger partial charge is 0.238 e. The maximum absolute atomic E-state index is 11.4. The molecule has 2 aromatic rings. The summed E-state index contributed by atoms with van der Waals surface area (Å²) in [5.41, 5.74) is 1.91. The number of primary sulfonamides is 1. The summed E-state index contributed by atoms with van der Waals surface area (Å²) in [5.74, 6) is 0. The molecule has 1 aromatic carbocycles. The standard InChI is InChI=1S/C14H19N3O2S2/c1-3-14(16-8-12-9-20-10(2)17-12)11-5-4-6-13(7-11)21(15,18)19/h4-7,9,14,16H,3,8H2,1-2H3,(H2,15,18,19). The van der Waals surface area contributed by atoms with Crippen LogP contribution in [0.15, 0.2) is 34.5 Å². The van der Waals surface area contributed by atoms with Crippen LogP contribution in [0.4, 0.5) is 0 Å². The normalized spacial score (nSPS) is 13.3. The van der Waals surface area contributed by atoms with Crippen LogP contribution in [-0.2, 0) is 16.6 Å². The summed E-state index contributed by atoms with van der Waals surface area (Å²) < 4.78 is 22.9. The summed E-state index contributed by atoms with van der Waals surface area (Å²) in [4.78, 5) is 4.55. The molecular weight excluding hydrogens is 306 g/mol. The van der Waals surface area contributed by atoms with Crippen LogP contribution in [0.5, 0.6) is 0 Å². The molecule has 0 aliphatic rings. The SMILES string of the molecule is CCC(NCc1csc(C)n1)c1cccc(S(N)(=O)=O)c1. The van der Waals surface area contributed by atoms with Crippen molar-refractivity contribution in [2.24, 2.45) is 5.14 Å². The van der Waals surface area contributed by atoms with E-state index in [0.29, 0.717) is 6.54 Å². The van der Waals surface area contributed by atoms with Gasteiger partial charge < -0.3 is 5.32 Å². The molecule has 1 atom stereocenters. The largest absolute Gasteiger partial charge is 0.304 e. The van der Waals surface area contributed by atoms with E-state index < -0.39 is 10.0 Å². The fourth-order valence-electron chi connectivity index (χ4n) is 2.12. The Morgan fingerprint density at radius 2 is 2.19 bits per heavy atom. The summed E-state index contributed by atoms with van der Waals surface area (Å²) in [6.45, 7) is 4.68. The maximum atomic E-state index is 11.4. The van der Waals surface area contributed by atoms with Gasteiger partial charge in [0.2, 0.25) is 10.0 Å². The van der Waals surface area contributed by atoms with Gasteiger partial charge in [-0.2, -0.15) is 0 Å². The van der Waals surface area contributed by atoms with Crippen LogP contribution in [-0.4, -0.2) is 13.4 Å². The fraction of sp³-hybridized carbons (Fsp3) is 0.357. The van der Waals surface area contributed by atoms with Gasteiger partial charge in [0.1, 0.15) is 0 Å². The van der Waals surface area contributed by atoms with Gasteiger partial charge in [-0.15, -0.1) is 11.3 Å². The number of hydrogen-bond acceptors (Lipinski definition) is 5. The first-order valence-electron chi connectivity index (χ1n) is 6.67. The van der Waals surface area contributed by atoms with Gasteiger partial charge in [-0.05, 0) is 31.0 Å². The molecule has 114 valence electrons. The first-order chi connectivity index (χ1) is 9.90. The molecule has 0 bridgehead atoms. The van der Waals surface area contributed by atoms with E-state index in [-0.39, 0.29) is 10.9 Å². The molecular formula is C14H19N3O2S2. The Bertz CT molecular complexity index is 711. The number of nitrogens with zero attached hydrogens (tertiary/aromatic N) is 1. The first-order valence-corrected chi connectivity index (χ1v) is 9.10. The van der Waals surface area contributed by atoms with E-state index in [1.807, 2.05) is 25.3 Å². The molecule has 0 aliphatic heterocycles. The van der Waals surface area contributed by atoms with E-state index in [9.17, 15) is 8.42 Å². The van der Waals surface area contributed by atoms with Crippen molar-refractivity contribution in [3.05, 3.63) is 45.9 Å². The van der Waals surface area contributed by atoms with Crippen LogP contribution in [0, 0.1) is 6.92 Å². The van der Waals surface area contributed by atoms with E-state index in [1.165, 1.54) is 6.07 Å². The van der Waals surface area contributed by atoms with Crippen LogP contribution in [0.1, 0.15) is 35.7 Å². The minimum Gasteiger partial charge on any atom is -0.304 e. The molecule has 21 heavy (non-hydrogen) atoms. The Morgan fingerprint density at radius 1 is 1.43 bits per heavy atom. The van der Waals surface area contributed by atoms with Crippen molar-refractivity contribution >= 4 is 21.4 Å². The van der Waals surface area contributed by atoms with Crippen LogP contribution in [0.3, 0.4) is 0 Å². The number of thiazole rings is 1. The van der Waals surface area contributed by atoms with Gasteiger partial charge in [0, 0.05) is 18.0 Å². The molecule has 5 nitrogen and oxygen atoms in total. The summed E-state index contributed by atoms with van der Waals surface area (Å²) in [7, 11) is -3.67. The second-order valence-corrected chi connectivity index (χ2v) is 7.44. The van der Waals surface area contributed by atoms with Gasteiger partial charge in [0.15, 0.2) is 0 Å².